The number of benzene rings is 3. The lowest BCUT2D eigenvalue weighted by atomic mass is 10.1. The zero-order valence-electron chi connectivity index (χ0n) is 14.4. The summed E-state index contributed by atoms with van der Waals surface area (Å²) in [5.74, 6) is -1.74. The number of nitrogens with one attached hydrogen (secondary N) is 1. The number of amides is 1. The summed E-state index contributed by atoms with van der Waals surface area (Å²) in [7, 11) is 0. The molecule has 0 bridgehead atoms. The second kappa shape index (κ2) is 8.31. The molecule has 0 atom stereocenters. The molecular formula is C21H18FNO4. The first-order chi connectivity index (χ1) is 13.0. The van der Waals surface area contributed by atoms with Crippen LogP contribution in [0.5, 0.6) is 5.75 Å². The molecule has 3 rings (SSSR count). The molecule has 0 aliphatic carbocycles. The van der Waals surface area contributed by atoms with Crippen LogP contribution in [0.4, 0.5) is 4.39 Å². The highest BCUT2D eigenvalue weighted by Gasteiger charge is 2.15. The van der Waals surface area contributed by atoms with Crippen LogP contribution >= 0.6 is 0 Å². The summed E-state index contributed by atoms with van der Waals surface area (Å²) in [5.41, 5.74) is 0.891. The number of aromatic hydroxyl groups is 1. The SMILES string of the molecule is O=C(COC(=O)c1cc2ccccc2cc1O)NCCc1ccc(F)cc1. The van der Waals surface area contributed by atoms with Gasteiger partial charge in [0, 0.05) is 6.54 Å². The van der Waals surface area contributed by atoms with Crippen LogP contribution in [0.1, 0.15) is 15.9 Å². The van der Waals surface area contributed by atoms with Crippen molar-refractivity contribution in [1.82, 2.24) is 5.32 Å². The maximum Gasteiger partial charge on any atom is 0.342 e. The van der Waals surface area contributed by atoms with Crippen molar-refractivity contribution in [2.75, 3.05) is 13.2 Å². The molecule has 0 heterocycles. The number of fused-ring (bicyclic) bond motifs is 1. The maximum atomic E-state index is 12.8. The van der Waals surface area contributed by atoms with Gasteiger partial charge in [-0.3, -0.25) is 4.79 Å². The summed E-state index contributed by atoms with van der Waals surface area (Å²) in [6, 6.07) is 16.3. The van der Waals surface area contributed by atoms with Crippen molar-refractivity contribution in [2.45, 2.75) is 6.42 Å². The topological polar surface area (TPSA) is 75.6 Å². The van der Waals surface area contributed by atoms with E-state index >= 15 is 0 Å². The molecule has 1 amide bonds. The second-order valence-electron chi connectivity index (χ2n) is 6.02. The Balaban J connectivity index is 1.50. The van der Waals surface area contributed by atoms with E-state index < -0.39 is 18.5 Å². The fourth-order valence-electron chi connectivity index (χ4n) is 2.65. The number of rotatable bonds is 6. The zero-order chi connectivity index (χ0) is 19.2. The van der Waals surface area contributed by atoms with E-state index in [1.54, 1.807) is 12.1 Å². The number of esters is 1. The van der Waals surface area contributed by atoms with Crippen LogP contribution in [-0.4, -0.2) is 30.1 Å². The highest BCUT2D eigenvalue weighted by molar-refractivity contribution is 5.99. The van der Waals surface area contributed by atoms with Crippen molar-refractivity contribution in [1.29, 1.82) is 0 Å². The molecule has 0 aliphatic heterocycles. The normalized spacial score (nSPS) is 10.6. The lowest BCUT2D eigenvalue weighted by Crippen LogP contribution is -2.30. The van der Waals surface area contributed by atoms with Crippen molar-refractivity contribution >= 4 is 22.6 Å². The minimum absolute atomic E-state index is 0.00723. The average molecular weight is 367 g/mol. The maximum absolute atomic E-state index is 12.8. The van der Waals surface area contributed by atoms with E-state index in [0.717, 1.165) is 16.3 Å². The molecule has 138 valence electrons. The van der Waals surface area contributed by atoms with Gasteiger partial charge in [-0.1, -0.05) is 36.4 Å². The zero-order valence-corrected chi connectivity index (χ0v) is 14.4. The van der Waals surface area contributed by atoms with Gasteiger partial charge in [0.15, 0.2) is 6.61 Å². The van der Waals surface area contributed by atoms with Crippen molar-refractivity contribution in [3.63, 3.8) is 0 Å². The van der Waals surface area contributed by atoms with Crippen molar-refractivity contribution < 1.29 is 23.8 Å². The number of hydrogen-bond acceptors (Lipinski definition) is 4. The Hall–Kier alpha value is -3.41. The quantitative estimate of drug-likeness (QED) is 0.656. The molecule has 27 heavy (non-hydrogen) atoms. The van der Waals surface area contributed by atoms with Crippen LogP contribution in [0.3, 0.4) is 0 Å². The number of carbonyl (C=O) groups is 2. The summed E-state index contributed by atoms with van der Waals surface area (Å²) in [5, 5.41) is 14.2. The first kappa shape index (κ1) is 18.4. The third-order valence-electron chi connectivity index (χ3n) is 4.07. The number of ether oxygens (including phenoxy) is 1. The first-order valence-corrected chi connectivity index (χ1v) is 8.43. The summed E-state index contributed by atoms with van der Waals surface area (Å²) < 4.78 is 17.8. The van der Waals surface area contributed by atoms with Gasteiger partial charge < -0.3 is 15.2 Å². The second-order valence-corrected chi connectivity index (χ2v) is 6.02. The van der Waals surface area contributed by atoms with Crippen molar-refractivity contribution in [3.8, 4) is 5.75 Å². The van der Waals surface area contributed by atoms with Gasteiger partial charge in [0.05, 0.1) is 0 Å². The lowest BCUT2D eigenvalue weighted by molar-refractivity contribution is -0.124. The third-order valence-corrected chi connectivity index (χ3v) is 4.07. The minimum Gasteiger partial charge on any atom is -0.507 e. The predicted octanol–water partition coefficient (Wildman–Crippen LogP) is 3.20. The Morgan fingerprint density at radius 3 is 2.37 bits per heavy atom. The van der Waals surface area contributed by atoms with Crippen LogP contribution < -0.4 is 5.32 Å². The van der Waals surface area contributed by atoms with Crippen molar-refractivity contribution in [2.24, 2.45) is 0 Å². The Morgan fingerprint density at radius 1 is 1.00 bits per heavy atom. The fourth-order valence-corrected chi connectivity index (χ4v) is 2.65. The highest BCUT2D eigenvalue weighted by Crippen LogP contribution is 2.25. The number of halogens is 1. The van der Waals surface area contributed by atoms with E-state index in [2.05, 4.69) is 5.32 Å². The molecular weight excluding hydrogens is 349 g/mol. The van der Waals surface area contributed by atoms with Gasteiger partial charge in [-0.2, -0.15) is 0 Å². The van der Waals surface area contributed by atoms with Crippen LogP contribution in [0.15, 0.2) is 60.7 Å². The monoisotopic (exact) mass is 367 g/mol. The Morgan fingerprint density at radius 2 is 1.67 bits per heavy atom. The van der Waals surface area contributed by atoms with Gasteiger partial charge in [-0.15, -0.1) is 0 Å². The molecule has 0 aliphatic rings. The molecule has 0 radical (unpaired) electrons. The highest BCUT2D eigenvalue weighted by atomic mass is 19.1. The minimum atomic E-state index is -0.771. The van der Waals surface area contributed by atoms with E-state index in [-0.39, 0.29) is 17.1 Å². The smallest absolute Gasteiger partial charge is 0.342 e. The molecule has 3 aromatic rings. The number of carbonyl (C=O) groups excluding carboxylic acids is 2. The van der Waals surface area contributed by atoms with Crippen LogP contribution in [0.2, 0.25) is 0 Å². The van der Waals surface area contributed by atoms with Crippen LogP contribution in [0, 0.1) is 5.82 Å². The third kappa shape index (κ3) is 4.82. The summed E-state index contributed by atoms with van der Waals surface area (Å²) in [4.78, 5) is 24.0. The predicted molar refractivity (Wildman–Crippen MR) is 99.0 cm³/mol. The van der Waals surface area contributed by atoms with Gasteiger partial charge >= 0.3 is 5.97 Å². The Kier molecular flexibility index (Phi) is 5.66. The summed E-state index contributed by atoms with van der Waals surface area (Å²) in [6.07, 6.45) is 0.533. The molecule has 0 unspecified atom stereocenters. The van der Waals surface area contributed by atoms with E-state index in [1.807, 2.05) is 24.3 Å². The molecule has 2 N–H and O–H groups in total. The molecule has 0 spiro atoms. The van der Waals surface area contributed by atoms with E-state index in [4.69, 9.17) is 4.74 Å². The summed E-state index contributed by atoms with van der Waals surface area (Å²) in [6.45, 7) is -0.113. The first-order valence-electron chi connectivity index (χ1n) is 8.43. The van der Waals surface area contributed by atoms with Crippen molar-refractivity contribution in [3.05, 3.63) is 77.6 Å². The van der Waals surface area contributed by atoms with E-state index in [9.17, 15) is 19.1 Å². The van der Waals surface area contributed by atoms with E-state index in [1.165, 1.54) is 24.3 Å². The fraction of sp³-hybridized carbons (Fsp3) is 0.143. The van der Waals surface area contributed by atoms with Gasteiger partial charge in [-0.05, 0) is 47.0 Å². The van der Waals surface area contributed by atoms with Gasteiger partial charge in [0.1, 0.15) is 17.1 Å². The molecule has 5 nitrogen and oxygen atoms in total. The summed E-state index contributed by atoms with van der Waals surface area (Å²) >= 11 is 0. The molecule has 0 saturated heterocycles. The molecule has 0 saturated carbocycles. The van der Waals surface area contributed by atoms with Gasteiger partial charge in [0.2, 0.25) is 0 Å². The van der Waals surface area contributed by atoms with Crippen LogP contribution in [-0.2, 0) is 16.0 Å². The number of phenols is 1. The molecule has 0 aromatic heterocycles. The number of hydrogen-bond donors (Lipinski definition) is 2. The molecule has 0 fully saturated rings. The molecule has 3 aromatic carbocycles. The lowest BCUT2D eigenvalue weighted by Gasteiger charge is -2.09. The number of phenolic OH excluding ortho intramolecular Hbond substituents is 1. The largest absolute Gasteiger partial charge is 0.507 e. The Bertz CT molecular complexity index is 970. The van der Waals surface area contributed by atoms with Gasteiger partial charge in [0.25, 0.3) is 5.91 Å². The van der Waals surface area contributed by atoms with E-state index in [0.29, 0.717) is 13.0 Å². The molecule has 6 heteroatoms. The average Bonchev–Trinajstić information content (AvgIpc) is 2.67. The van der Waals surface area contributed by atoms with Crippen LogP contribution in [0.25, 0.3) is 10.8 Å². The van der Waals surface area contributed by atoms with Gasteiger partial charge in [-0.25, -0.2) is 9.18 Å². The standard InChI is InChI=1S/C21H18FNO4/c22-17-7-5-14(6-8-17)9-10-23-20(25)13-27-21(26)18-11-15-3-1-2-4-16(15)12-19(18)24/h1-8,11-12,24H,9-10,13H2,(H,23,25). The Labute approximate surface area is 155 Å².